The maximum Gasteiger partial charge on any atom is 0.332 e. The van der Waals surface area contributed by atoms with Crippen molar-refractivity contribution in [2.75, 3.05) is 0 Å². The number of nitrogens with one attached hydrogen (secondary N) is 1. The van der Waals surface area contributed by atoms with E-state index in [1.54, 1.807) is 0 Å². The van der Waals surface area contributed by atoms with Crippen molar-refractivity contribution in [2.45, 2.75) is 27.3 Å². The first-order chi connectivity index (χ1) is 7.47. The molecule has 0 aliphatic heterocycles. The third-order valence-corrected chi connectivity index (χ3v) is 3.78. The van der Waals surface area contributed by atoms with E-state index < -0.39 is 6.03 Å². The van der Waals surface area contributed by atoms with Gasteiger partial charge >= 0.3 is 6.03 Å². The summed E-state index contributed by atoms with van der Waals surface area (Å²) in [5.74, 6) is 0. The number of carbonyl (C=O) groups excluding carboxylic acids is 1. The molecule has 0 fully saturated rings. The predicted octanol–water partition coefficient (Wildman–Crippen LogP) is 2.00. The second kappa shape index (κ2) is 5.22. The van der Waals surface area contributed by atoms with Gasteiger partial charge in [-0.3, -0.25) is 0 Å². The zero-order chi connectivity index (χ0) is 12.3. The predicted molar refractivity (Wildman–Crippen MR) is 68.5 cm³/mol. The molecule has 0 saturated heterocycles. The number of urea groups is 1. The molecule has 0 radical (unpaired) electrons. The third-order valence-electron chi connectivity index (χ3n) is 2.12. The molecule has 88 valence electrons. The standard InChI is InChI=1S/C9H14N4OS2/c1-4-13-6(3)7(16-9(13)15)5(2)11-12-8(10)14/h4H2,1-3H3,(H3,10,12,14)/b11-5+. The van der Waals surface area contributed by atoms with Crippen LogP contribution >= 0.6 is 23.6 Å². The summed E-state index contributed by atoms with van der Waals surface area (Å²) in [6, 6.07) is -0.671. The monoisotopic (exact) mass is 258 g/mol. The molecular formula is C9H14N4OS2. The molecular weight excluding hydrogens is 244 g/mol. The summed E-state index contributed by atoms with van der Waals surface area (Å²) in [6.45, 7) is 6.66. The lowest BCUT2D eigenvalue weighted by Crippen LogP contribution is -2.25. The minimum atomic E-state index is -0.671. The van der Waals surface area contributed by atoms with Gasteiger partial charge < -0.3 is 10.3 Å². The Morgan fingerprint density at radius 1 is 1.69 bits per heavy atom. The smallest absolute Gasteiger partial charge is 0.332 e. The van der Waals surface area contributed by atoms with Gasteiger partial charge in [-0.2, -0.15) is 5.10 Å². The summed E-state index contributed by atoms with van der Waals surface area (Å²) in [6.07, 6.45) is 0. The minimum Gasteiger partial charge on any atom is -0.350 e. The number of thiazole rings is 1. The number of hydrogen-bond acceptors (Lipinski definition) is 4. The number of nitrogens with two attached hydrogens (primary N) is 1. The van der Waals surface area contributed by atoms with Gasteiger partial charge in [0, 0.05) is 12.2 Å². The number of aromatic nitrogens is 1. The van der Waals surface area contributed by atoms with Crippen LogP contribution in [-0.4, -0.2) is 16.3 Å². The molecule has 1 rings (SSSR count). The van der Waals surface area contributed by atoms with E-state index in [1.807, 2.05) is 25.3 Å². The maximum atomic E-state index is 10.5. The highest BCUT2D eigenvalue weighted by atomic mass is 32.1. The van der Waals surface area contributed by atoms with Gasteiger partial charge in [0.2, 0.25) is 0 Å². The molecule has 2 amide bonds. The van der Waals surface area contributed by atoms with Crippen molar-refractivity contribution in [3.05, 3.63) is 14.5 Å². The van der Waals surface area contributed by atoms with Gasteiger partial charge in [0.05, 0.1) is 10.6 Å². The second-order valence-electron chi connectivity index (χ2n) is 3.20. The number of nitrogens with zero attached hydrogens (tertiary/aromatic N) is 2. The van der Waals surface area contributed by atoms with Crippen LogP contribution in [0.3, 0.4) is 0 Å². The fourth-order valence-electron chi connectivity index (χ4n) is 1.37. The van der Waals surface area contributed by atoms with E-state index in [-0.39, 0.29) is 0 Å². The lowest BCUT2D eigenvalue weighted by molar-refractivity contribution is 0.249. The van der Waals surface area contributed by atoms with Gasteiger partial charge in [0.15, 0.2) is 3.95 Å². The highest BCUT2D eigenvalue weighted by Gasteiger charge is 2.10. The van der Waals surface area contributed by atoms with Crippen molar-refractivity contribution in [1.82, 2.24) is 9.99 Å². The number of hydrazone groups is 1. The fraction of sp³-hybridized carbons (Fsp3) is 0.444. The molecule has 0 saturated carbocycles. The van der Waals surface area contributed by atoms with E-state index >= 15 is 0 Å². The normalized spacial score (nSPS) is 11.6. The molecule has 0 aliphatic carbocycles. The summed E-state index contributed by atoms with van der Waals surface area (Å²) in [5, 5.41) is 3.89. The van der Waals surface area contributed by atoms with Gasteiger partial charge in [-0.25, -0.2) is 10.2 Å². The summed E-state index contributed by atoms with van der Waals surface area (Å²) >= 11 is 6.71. The molecule has 0 aliphatic rings. The van der Waals surface area contributed by atoms with Gasteiger partial charge in [0.25, 0.3) is 0 Å². The Labute approximate surface area is 103 Å². The van der Waals surface area contributed by atoms with Gasteiger partial charge in [-0.05, 0) is 33.0 Å². The van der Waals surface area contributed by atoms with Crippen molar-refractivity contribution >= 4 is 35.3 Å². The first-order valence-corrected chi connectivity index (χ1v) is 6.00. The topological polar surface area (TPSA) is 72.4 Å². The Balaban J connectivity index is 3.10. The Morgan fingerprint density at radius 2 is 2.31 bits per heavy atom. The van der Waals surface area contributed by atoms with Crippen molar-refractivity contribution in [3.8, 4) is 0 Å². The highest BCUT2D eigenvalue weighted by Crippen LogP contribution is 2.19. The van der Waals surface area contributed by atoms with Crippen molar-refractivity contribution in [1.29, 1.82) is 0 Å². The molecule has 1 aromatic heterocycles. The molecule has 0 spiro atoms. The van der Waals surface area contributed by atoms with Crippen LogP contribution in [0.5, 0.6) is 0 Å². The lowest BCUT2D eigenvalue weighted by Gasteiger charge is -2.02. The number of carbonyl (C=O) groups is 1. The molecule has 0 aromatic carbocycles. The highest BCUT2D eigenvalue weighted by molar-refractivity contribution is 7.73. The minimum absolute atomic E-state index is 0.671. The Kier molecular flexibility index (Phi) is 4.19. The van der Waals surface area contributed by atoms with E-state index in [0.29, 0.717) is 5.71 Å². The van der Waals surface area contributed by atoms with Crippen LogP contribution in [-0.2, 0) is 6.54 Å². The van der Waals surface area contributed by atoms with Crippen LogP contribution in [0, 0.1) is 10.9 Å². The summed E-state index contributed by atoms with van der Waals surface area (Å²) in [4.78, 5) is 11.5. The van der Waals surface area contributed by atoms with Crippen LogP contribution in [0.15, 0.2) is 5.10 Å². The zero-order valence-electron chi connectivity index (χ0n) is 9.40. The summed E-state index contributed by atoms with van der Waals surface area (Å²) in [5.41, 5.74) is 8.91. The van der Waals surface area contributed by atoms with Crippen molar-refractivity contribution in [3.63, 3.8) is 0 Å². The Bertz CT molecular complexity index is 486. The quantitative estimate of drug-likeness (QED) is 0.494. The average molecular weight is 258 g/mol. The van der Waals surface area contributed by atoms with Crippen LogP contribution in [0.4, 0.5) is 4.79 Å². The van der Waals surface area contributed by atoms with Crippen LogP contribution in [0.2, 0.25) is 0 Å². The Morgan fingerprint density at radius 3 is 2.75 bits per heavy atom. The van der Waals surface area contributed by atoms with Gasteiger partial charge in [-0.1, -0.05) is 0 Å². The van der Waals surface area contributed by atoms with Crippen LogP contribution < -0.4 is 11.2 Å². The Hall–Kier alpha value is -1.21. The molecule has 0 bridgehead atoms. The number of rotatable bonds is 3. The molecule has 5 nitrogen and oxygen atoms in total. The van der Waals surface area contributed by atoms with E-state index in [1.165, 1.54) is 11.3 Å². The average Bonchev–Trinajstić information content (AvgIpc) is 2.50. The summed E-state index contributed by atoms with van der Waals surface area (Å²) in [7, 11) is 0. The zero-order valence-corrected chi connectivity index (χ0v) is 11.0. The molecule has 1 heterocycles. The van der Waals surface area contributed by atoms with Crippen LogP contribution in [0.25, 0.3) is 0 Å². The fourth-order valence-corrected chi connectivity index (χ4v) is 2.89. The first-order valence-electron chi connectivity index (χ1n) is 4.77. The number of primary amides is 1. The number of hydrogen-bond donors (Lipinski definition) is 2. The van der Waals surface area contributed by atoms with E-state index in [0.717, 1.165) is 21.1 Å². The summed E-state index contributed by atoms with van der Waals surface area (Å²) < 4.78 is 2.84. The third kappa shape index (κ3) is 2.67. The largest absolute Gasteiger partial charge is 0.350 e. The van der Waals surface area contributed by atoms with Crippen LogP contribution in [0.1, 0.15) is 24.4 Å². The van der Waals surface area contributed by atoms with E-state index in [2.05, 4.69) is 10.5 Å². The van der Waals surface area contributed by atoms with Gasteiger partial charge in [0.1, 0.15) is 0 Å². The lowest BCUT2D eigenvalue weighted by atomic mass is 10.3. The molecule has 3 N–H and O–H groups in total. The van der Waals surface area contributed by atoms with Crippen molar-refractivity contribution in [2.24, 2.45) is 10.8 Å². The molecule has 0 unspecified atom stereocenters. The second-order valence-corrected chi connectivity index (χ2v) is 4.84. The number of amides is 2. The molecule has 0 atom stereocenters. The van der Waals surface area contributed by atoms with Gasteiger partial charge in [-0.15, -0.1) is 11.3 Å². The first kappa shape index (κ1) is 12.9. The van der Waals surface area contributed by atoms with E-state index in [4.69, 9.17) is 18.0 Å². The molecule has 7 heteroatoms. The molecule has 1 aromatic rings. The molecule has 16 heavy (non-hydrogen) atoms. The van der Waals surface area contributed by atoms with E-state index in [9.17, 15) is 4.79 Å². The maximum absolute atomic E-state index is 10.5. The van der Waals surface area contributed by atoms with Crippen molar-refractivity contribution < 1.29 is 4.79 Å². The SMILES string of the molecule is CCn1c(C)c(/C(C)=N/NC(N)=O)sc1=S.